The summed E-state index contributed by atoms with van der Waals surface area (Å²) in [5.74, 6) is 0. The molecule has 44 heavy (non-hydrogen) atoms. The first kappa shape index (κ1) is 32.6. The van der Waals surface area contributed by atoms with E-state index in [4.69, 9.17) is 19.9 Å². The van der Waals surface area contributed by atoms with Gasteiger partial charge in [-0.25, -0.2) is 9.59 Å². The van der Waals surface area contributed by atoms with Gasteiger partial charge in [0.25, 0.3) is 0 Å². The first-order valence-electron chi connectivity index (χ1n) is 13.6. The molecule has 13 heteroatoms. The summed E-state index contributed by atoms with van der Waals surface area (Å²) >= 11 is 0. The van der Waals surface area contributed by atoms with Crippen LogP contribution in [0.3, 0.4) is 0 Å². The van der Waals surface area contributed by atoms with Crippen molar-refractivity contribution in [1.29, 1.82) is 0 Å². The number of likely N-dealkylation sites (tertiary alicyclic amines) is 1. The molecule has 3 atom stereocenters. The number of benzene rings is 3. The van der Waals surface area contributed by atoms with Crippen LogP contribution in [-0.2, 0) is 38.7 Å². The lowest BCUT2D eigenvalue weighted by atomic mass is 9.80. The second-order valence-electron chi connectivity index (χ2n) is 10.4. The van der Waals surface area contributed by atoms with Crippen LogP contribution in [0.15, 0.2) is 78.9 Å². The molecule has 1 heterocycles. The van der Waals surface area contributed by atoms with E-state index in [1.165, 1.54) is 11.8 Å². The largest absolute Gasteiger partial charge is 0.445 e. The number of ether oxygens (including phenoxy) is 3. The minimum atomic E-state index is -5.03. The van der Waals surface area contributed by atoms with Crippen LogP contribution in [0.2, 0.25) is 0 Å². The van der Waals surface area contributed by atoms with Crippen LogP contribution in [0, 0.1) is 0 Å². The third kappa shape index (κ3) is 7.81. The molecule has 2 amide bonds. The first-order valence-corrected chi connectivity index (χ1v) is 13.6. The van der Waals surface area contributed by atoms with Crippen LogP contribution in [0.1, 0.15) is 53.7 Å². The Hall–Kier alpha value is -4.26. The lowest BCUT2D eigenvalue weighted by Gasteiger charge is -2.48. The van der Waals surface area contributed by atoms with Crippen molar-refractivity contribution in [2.45, 2.75) is 56.5 Å². The highest BCUT2D eigenvalue weighted by atomic mass is 19.4. The minimum Gasteiger partial charge on any atom is -0.445 e. The van der Waals surface area contributed by atoms with E-state index in [0.29, 0.717) is 23.3 Å². The van der Waals surface area contributed by atoms with E-state index in [1.54, 1.807) is 60.7 Å². The van der Waals surface area contributed by atoms with Crippen molar-refractivity contribution >= 4 is 12.2 Å². The normalized spacial score (nSPS) is 19.7. The van der Waals surface area contributed by atoms with Crippen molar-refractivity contribution in [2.24, 2.45) is 5.73 Å². The van der Waals surface area contributed by atoms with Gasteiger partial charge in [0.2, 0.25) is 0 Å². The van der Waals surface area contributed by atoms with Crippen molar-refractivity contribution in [1.82, 2.24) is 4.90 Å². The smallest absolute Gasteiger partial charge is 0.416 e. The Labute approximate surface area is 249 Å². The molecular formula is C31H30F6N2O5. The molecular weight excluding hydrogens is 594 g/mol. The minimum absolute atomic E-state index is 0.0478. The number of hydrogen-bond donors (Lipinski definition) is 1. The number of primary amides is 1. The van der Waals surface area contributed by atoms with E-state index in [0.717, 1.165) is 0 Å². The standard InChI is InChI=1S/C31H30F6N2O5/c1-20(22-14-24(30(32,33)34)16-25(15-22)31(35,36)37)43-19-29(23-10-6-3-7-11-23)13-12-26(44-27(38)40)17-39(29)28(41)42-18-21-8-4-2-5-9-21/h2-11,14-16,20,26H,12-13,17-19H2,1H3,(H2,38,40)/t20-,26?,29?/m1/s1. The molecule has 0 bridgehead atoms. The molecule has 1 aliphatic heterocycles. The Morgan fingerprint density at radius 3 is 2.05 bits per heavy atom. The highest BCUT2D eigenvalue weighted by Gasteiger charge is 2.48. The van der Waals surface area contributed by atoms with Crippen molar-refractivity contribution in [3.8, 4) is 0 Å². The second kappa shape index (κ2) is 13.2. The fraction of sp³-hybridized carbons (Fsp3) is 0.355. The number of piperidine rings is 1. The van der Waals surface area contributed by atoms with Crippen molar-refractivity contribution in [3.63, 3.8) is 0 Å². The quantitative estimate of drug-likeness (QED) is 0.261. The predicted molar refractivity (Wildman–Crippen MR) is 146 cm³/mol. The summed E-state index contributed by atoms with van der Waals surface area (Å²) < 4.78 is 97.9. The molecule has 0 saturated carbocycles. The van der Waals surface area contributed by atoms with E-state index in [1.807, 2.05) is 0 Å². The van der Waals surface area contributed by atoms with Crippen molar-refractivity contribution in [2.75, 3.05) is 13.2 Å². The van der Waals surface area contributed by atoms with Crippen LogP contribution < -0.4 is 5.73 Å². The van der Waals surface area contributed by atoms with Crippen LogP contribution in [0.4, 0.5) is 35.9 Å². The summed E-state index contributed by atoms with van der Waals surface area (Å²) in [5.41, 5.74) is 1.92. The van der Waals surface area contributed by atoms with E-state index in [-0.39, 0.29) is 44.2 Å². The Morgan fingerprint density at radius 2 is 1.50 bits per heavy atom. The van der Waals surface area contributed by atoms with Crippen molar-refractivity contribution in [3.05, 3.63) is 107 Å². The molecule has 7 nitrogen and oxygen atoms in total. The lowest BCUT2D eigenvalue weighted by Crippen LogP contribution is -2.59. The molecule has 3 aromatic carbocycles. The number of amides is 2. The molecule has 4 rings (SSSR count). The molecule has 1 fully saturated rings. The summed E-state index contributed by atoms with van der Waals surface area (Å²) in [6.45, 7) is 0.739. The Bertz CT molecular complexity index is 1400. The lowest BCUT2D eigenvalue weighted by molar-refractivity contribution is -0.143. The van der Waals surface area contributed by atoms with Crippen LogP contribution in [0.25, 0.3) is 0 Å². The molecule has 2 N–H and O–H groups in total. The Kier molecular flexibility index (Phi) is 9.77. The number of hydrogen-bond acceptors (Lipinski definition) is 5. The molecule has 0 aliphatic carbocycles. The zero-order valence-electron chi connectivity index (χ0n) is 23.5. The fourth-order valence-electron chi connectivity index (χ4n) is 5.17. The topological polar surface area (TPSA) is 91.1 Å². The number of halogens is 6. The van der Waals surface area contributed by atoms with E-state index in [9.17, 15) is 35.9 Å². The SMILES string of the molecule is C[C@@H](OCC1(c2ccccc2)CCC(OC(N)=O)CN1C(=O)OCc1ccccc1)c1cc(C(F)(F)F)cc(C(F)(F)F)c1. The first-order chi connectivity index (χ1) is 20.7. The molecule has 2 unspecified atom stereocenters. The Morgan fingerprint density at radius 1 is 0.932 bits per heavy atom. The zero-order chi connectivity index (χ0) is 32.1. The summed E-state index contributed by atoms with van der Waals surface area (Å²) in [4.78, 5) is 26.5. The van der Waals surface area contributed by atoms with Crippen LogP contribution >= 0.6 is 0 Å². The number of nitrogens with two attached hydrogens (primary N) is 1. The van der Waals surface area contributed by atoms with E-state index >= 15 is 0 Å². The highest BCUT2D eigenvalue weighted by molar-refractivity contribution is 5.70. The number of nitrogens with zero attached hydrogens (tertiary/aromatic N) is 1. The van der Waals surface area contributed by atoms with Gasteiger partial charge in [-0.1, -0.05) is 60.7 Å². The van der Waals surface area contributed by atoms with E-state index < -0.39 is 53.4 Å². The maximum Gasteiger partial charge on any atom is 0.416 e. The number of carbonyl (C=O) groups excluding carboxylic acids is 2. The van der Waals surface area contributed by atoms with Gasteiger partial charge in [-0.2, -0.15) is 26.3 Å². The van der Waals surface area contributed by atoms with Gasteiger partial charge >= 0.3 is 24.5 Å². The summed E-state index contributed by atoms with van der Waals surface area (Å²) in [7, 11) is 0. The van der Waals surface area contributed by atoms with Gasteiger partial charge < -0.3 is 19.9 Å². The zero-order valence-corrected chi connectivity index (χ0v) is 23.5. The van der Waals surface area contributed by atoms with Gasteiger partial charge in [0.05, 0.1) is 35.9 Å². The van der Waals surface area contributed by atoms with Gasteiger partial charge in [0, 0.05) is 0 Å². The number of rotatable bonds is 8. The van der Waals surface area contributed by atoms with Gasteiger partial charge in [0.1, 0.15) is 12.7 Å². The van der Waals surface area contributed by atoms with Crippen LogP contribution in [-0.4, -0.2) is 36.3 Å². The van der Waals surface area contributed by atoms with Gasteiger partial charge in [0.15, 0.2) is 0 Å². The third-order valence-electron chi connectivity index (χ3n) is 7.45. The average Bonchev–Trinajstić information content (AvgIpc) is 2.98. The molecule has 3 aromatic rings. The predicted octanol–water partition coefficient (Wildman–Crippen LogP) is 7.59. The van der Waals surface area contributed by atoms with Crippen molar-refractivity contribution < 1.29 is 50.1 Å². The van der Waals surface area contributed by atoms with Gasteiger partial charge in [-0.15, -0.1) is 0 Å². The van der Waals surface area contributed by atoms with Gasteiger partial charge in [-0.05, 0) is 54.7 Å². The van der Waals surface area contributed by atoms with Gasteiger partial charge in [-0.3, -0.25) is 4.90 Å². The summed E-state index contributed by atoms with van der Waals surface area (Å²) in [6, 6.07) is 18.7. The molecule has 0 radical (unpaired) electrons. The molecule has 1 aliphatic rings. The second-order valence-corrected chi connectivity index (χ2v) is 10.4. The Balaban J connectivity index is 1.69. The molecule has 0 spiro atoms. The molecule has 236 valence electrons. The highest BCUT2D eigenvalue weighted by Crippen LogP contribution is 2.42. The summed E-state index contributed by atoms with van der Waals surface area (Å²) in [5, 5.41) is 0. The van der Waals surface area contributed by atoms with Crippen LogP contribution in [0.5, 0.6) is 0 Å². The summed E-state index contributed by atoms with van der Waals surface area (Å²) in [6.07, 6.45) is -13.6. The maximum atomic E-state index is 13.6. The average molecular weight is 625 g/mol. The monoisotopic (exact) mass is 624 g/mol. The maximum absolute atomic E-state index is 13.6. The fourth-order valence-corrected chi connectivity index (χ4v) is 5.17. The van der Waals surface area contributed by atoms with E-state index in [2.05, 4.69) is 0 Å². The molecule has 1 saturated heterocycles. The third-order valence-corrected chi connectivity index (χ3v) is 7.45. The molecule has 0 aromatic heterocycles. The number of carbonyl (C=O) groups is 2. The number of alkyl halides is 6.